The van der Waals surface area contributed by atoms with Crippen LogP contribution in [-0.2, 0) is 5.54 Å². The highest BCUT2D eigenvalue weighted by Gasteiger charge is 2.40. The maximum Gasteiger partial charge on any atom is 0.491 e. The van der Waals surface area contributed by atoms with E-state index in [-0.39, 0.29) is 11.0 Å². The van der Waals surface area contributed by atoms with Gasteiger partial charge in [-0.05, 0) is 24.5 Å². The Hall–Kier alpha value is -0.905. The van der Waals surface area contributed by atoms with Crippen LogP contribution in [0.3, 0.4) is 0 Å². The highest BCUT2D eigenvalue weighted by molar-refractivity contribution is 6.58. The molecule has 2 rings (SSSR count). The topological polar surface area (TPSA) is 66.5 Å². The van der Waals surface area contributed by atoms with Gasteiger partial charge in [-0.3, -0.25) is 0 Å². The van der Waals surface area contributed by atoms with Crippen LogP contribution >= 0.6 is 0 Å². The van der Waals surface area contributed by atoms with Crippen LogP contribution in [0, 0.1) is 5.82 Å². The predicted octanol–water partition coefficient (Wildman–Crippen LogP) is -0.547. The van der Waals surface area contributed by atoms with Gasteiger partial charge in [-0.25, -0.2) is 4.39 Å². The number of nitrogens with two attached hydrogens (primary N) is 1. The number of benzene rings is 1. The third-order valence-electron chi connectivity index (χ3n) is 2.64. The highest BCUT2D eigenvalue weighted by Crippen LogP contribution is 2.42. The first-order valence-corrected chi connectivity index (χ1v) is 4.48. The Morgan fingerprint density at radius 3 is 2.50 bits per heavy atom. The first kappa shape index (κ1) is 9.64. The van der Waals surface area contributed by atoms with Crippen molar-refractivity contribution < 1.29 is 14.4 Å². The quantitative estimate of drug-likeness (QED) is 0.555. The number of halogens is 1. The molecule has 0 aromatic heterocycles. The molecule has 0 aliphatic heterocycles. The van der Waals surface area contributed by atoms with Crippen molar-refractivity contribution in [3.63, 3.8) is 0 Å². The lowest BCUT2D eigenvalue weighted by Crippen LogP contribution is -2.34. The van der Waals surface area contributed by atoms with Gasteiger partial charge in [0, 0.05) is 11.0 Å². The van der Waals surface area contributed by atoms with E-state index in [9.17, 15) is 4.39 Å². The summed E-state index contributed by atoms with van der Waals surface area (Å²) in [5.74, 6) is -0.618. The minimum atomic E-state index is -1.78. The summed E-state index contributed by atoms with van der Waals surface area (Å²) in [6.07, 6.45) is 1.72. The van der Waals surface area contributed by atoms with Gasteiger partial charge in [0.1, 0.15) is 5.82 Å². The summed E-state index contributed by atoms with van der Waals surface area (Å²) >= 11 is 0. The molecule has 1 aliphatic rings. The molecule has 0 saturated heterocycles. The van der Waals surface area contributed by atoms with Crippen molar-refractivity contribution in [2.45, 2.75) is 18.4 Å². The fourth-order valence-corrected chi connectivity index (χ4v) is 1.47. The third-order valence-corrected chi connectivity index (χ3v) is 2.64. The second-order valence-electron chi connectivity index (χ2n) is 3.77. The molecule has 0 spiro atoms. The molecule has 1 fully saturated rings. The van der Waals surface area contributed by atoms with Crippen LogP contribution in [0.5, 0.6) is 0 Å². The molecule has 0 amide bonds. The highest BCUT2D eigenvalue weighted by atomic mass is 19.1. The molecular formula is C9H11BFNO2. The molecule has 4 N–H and O–H groups in total. The van der Waals surface area contributed by atoms with Crippen molar-refractivity contribution in [2.75, 3.05) is 0 Å². The van der Waals surface area contributed by atoms with Gasteiger partial charge >= 0.3 is 7.12 Å². The summed E-state index contributed by atoms with van der Waals surface area (Å²) in [5.41, 5.74) is 6.18. The van der Waals surface area contributed by atoms with E-state index in [1.54, 1.807) is 6.07 Å². The number of hydrogen-bond donors (Lipinski definition) is 3. The summed E-state index contributed by atoms with van der Waals surface area (Å²) in [4.78, 5) is 0. The van der Waals surface area contributed by atoms with Crippen LogP contribution in [0.25, 0.3) is 0 Å². The van der Waals surface area contributed by atoms with E-state index in [0.29, 0.717) is 0 Å². The zero-order chi connectivity index (χ0) is 10.3. The molecule has 5 heteroatoms. The fraction of sp³-hybridized carbons (Fsp3) is 0.333. The minimum absolute atomic E-state index is 0.112. The smallest absolute Gasteiger partial charge is 0.423 e. The molecule has 0 atom stereocenters. The molecule has 0 unspecified atom stereocenters. The van der Waals surface area contributed by atoms with Crippen LogP contribution in [-0.4, -0.2) is 17.2 Å². The second-order valence-corrected chi connectivity index (χ2v) is 3.77. The summed E-state index contributed by atoms with van der Waals surface area (Å²) < 4.78 is 13.1. The molecular weight excluding hydrogens is 184 g/mol. The van der Waals surface area contributed by atoms with Crippen LogP contribution in [0.2, 0.25) is 0 Å². The van der Waals surface area contributed by atoms with Crippen molar-refractivity contribution in [3.05, 3.63) is 29.6 Å². The van der Waals surface area contributed by atoms with E-state index in [2.05, 4.69) is 0 Å². The van der Waals surface area contributed by atoms with Gasteiger partial charge in [0.05, 0.1) is 0 Å². The molecule has 3 nitrogen and oxygen atoms in total. The molecule has 1 aromatic carbocycles. The van der Waals surface area contributed by atoms with Crippen LogP contribution in [0.4, 0.5) is 4.39 Å². The van der Waals surface area contributed by atoms with Gasteiger partial charge in [0.2, 0.25) is 0 Å². The second kappa shape index (κ2) is 3.05. The number of rotatable bonds is 2. The van der Waals surface area contributed by atoms with Crippen molar-refractivity contribution in [1.29, 1.82) is 0 Å². The maximum absolute atomic E-state index is 13.1. The Labute approximate surface area is 81.5 Å². The van der Waals surface area contributed by atoms with E-state index in [1.807, 2.05) is 0 Å². The van der Waals surface area contributed by atoms with Crippen molar-refractivity contribution in [3.8, 4) is 0 Å². The number of hydrogen-bond acceptors (Lipinski definition) is 3. The third kappa shape index (κ3) is 1.54. The zero-order valence-corrected chi connectivity index (χ0v) is 7.57. The first-order valence-electron chi connectivity index (χ1n) is 4.48. The van der Waals surface area contributed by atoms with E-state index < -0.39 is 12.9 Å². The molecule has 0 heterocycles. The molecule has 1 aliphatic carbocycles. The van der Waals surface area contributed by atoms with E-state index >= 15 is 0 Å². The Morgan fingerprint density at radius 2 is 2.00 bits per heavy atom. The Bertz CT molecular complexity index is 366. The minimum Gasteiger partial charge on any atom is -0.423 e. The average molecular weight is 195 g/mol. The summed E-state index contributed by atoms with van der Waals surface area (Å²) in [5, 5.41) is 17.8. The molecule has 0 bridgehead atoms. The van der Waals surface area contributed by atoms with Crippen LogP contribution < -0.4 is 11.2 Å². The fourth-order valence-electron chi connectivity index (χ4n) is 1.47. The largest absolute Gasteiger partial charge is 0.491 e. The zero-order valence-electron chi connectivity index (χ0n) is 7.57. The lowest BCUT2D eigenvalue weighted by atomic mass is 9.78. The monoisotopic (exact) mass is 195 g/mol. The first-order chi connectivity index (χ1) is 6.53. The standard InChI is InChI=1S/C9H11BFNO2/c11-8-2-1-6(9(12)3-4-9)5-7(8)10(13)14/h1-2,5,13-14H,3-4,12H2. The van der Waals surface area contributed by atoms with Gasteiger partial charge in [-0.1, -0.05) is 12.1 Å². The van der Waals surface area contributed by atoms with Crippen molar-refractivity contribution >= 4 is 12.6 Å². The van der Waals surface area contributed by atoms with Gasteiger partial charge < -0.3 is 15.8 Å². The lowest BCUT2D eigenvalue weighted by molar-refractivity contribution is 0.423. The van der Waals surface area contributed by atoms with Crippen LogP contribution in [0.1, 0.15) is 18.4 Å². The Balaban J connectivity index is 2.41. The molecule has 1 saturated carbocycles. The molecule has 74 valence electrons. The maximum atomic E-state index is 13.1. The Morgan fingerprint density at radius 1 is 1.36 bits per heavy atom. The lowest BCUT2D eigenvalue weighted by Gasteiger charge is -2.11. The molecule has 0 radical (unpaired) electrons. The van der Waals surface area contributed by atoms with E-state index in [0.717, 1.165) is 18.4 Å². The van der Waals surface area contributed by atoms with Gasteiger partial charge in [-0.15, -0.1) is 0 Å². The normalized spacial score (nSPS) is 18.0. The van der Waals surface area contributed by atoms with Gasteiger partial charge in [0.25, 0.3) is 0 Å². The summed E-state index contributed by atoms with van der Waals surface area (Å²) in [6, 6.07) is 4.23. The van der Waals surface area contributed by atoms with Crippen LogP contribution in [0.15, 0.2) is 18.2 Å². The SMILES string of the molecule is NC1(c2ccc(F)c(B(O)O)c2)CC1. The van der Waals surface area contributed by atoms with Crippen molar-refractivity contribution in [1.82, 2.24) is 0 Å². The van der Waals surface area contributed by atoms with Gasteiger partial charge in [0.15, 0.2) is 0 Å². The molecule has 1 aromatic rings. The van der Waals surface area contributed by atoms with Gasteiger partial charge in [-0.2, -0.15) is 0 Å². The Kier molecular flexibility index (Phi) is 2.10. The van der Waals surface area contributed by atoms with Crippen molar-refractivity contribution in [2.24, 2.45) is 5.73 Å². The predicted molar refractivity (Wildman–Crippen MR) is 51.3 cm³/mol. The molecule has 14 heavy (non-hydrogen) atoms. The summed E-state index contributed by atoms with van der Waals surface area (Å²) in [6.45, 7) is 0. The van der Waals surface area contributed by atoms with E-state index in [4.69, 9.17) is 15.8 Å². The summed E-state index contributed by atoms with van der Waals surface area (Å²) in [7, 11) is -1.78. The average Bonchev–Trinajstić information content (AvgIpc) is 2.85. The van der Waals surface area contributed by atoms with E-state index in [1.165, 1.54) is 12.1 Å².